The van der Waals surface area contributed by atoms with Crippen LogP contribution in [0.3, 0.4) is 0 Å². The number of nitrogens with zero attached hydrogens (tertiary/aromatic N) is 6. The quantitative estimate of drug-likeness (QED) is 0.123. The molecule has 0 fully saturated rings. The molecule has 0 aliphatic rings. The molecule has 0 N–H and O–H groups in total. The SMILES string of the molecule is Cn1c2ccccc2c2c3c4ccc(Oc5[c-]c(-[n+]6[c-]n(-c7ccccc7)cc6)ccc5)[c-]c4n(-c4cc(C(C)(C)C)ccn4)c3c3c(c4ccccc4n3-c3ccccc3)c21.[Pt]. The molecule has 308 valence electrons. The number of benzene rings is 7. The largest absolute Gasteiger partial charge is 0.510 e. The van der Waals surface area contributed by atoms with Gasteiger partial charge in [-0.25, -0.2) is 4.98 Å². The Morgan fingerprint density at radius 3 is 2.00 bits per heavy atom. The maximum absolute atomic E-state index is 6.71. The summed E-state index contributed by atoms with van der Waals surface area (Å²) in [6, 6.07) is 60.2. The van der Waals surface area contributed by atoms with Crippen molar-refractivity contribution in [3.05, 3.63) is 194 Å². The fraction of sp³-hybridized carbons (Fsp3) is 0.0909. The van der Waals surface area contributed by atoms with Crippen LogP contribution >= 0.6 is 0 Å². The molecule has 5 aromatic heterocycles. The molecule has 0 saturated carbocycles. The molecule has 12 aromatic rings. The molecule has 0 unspecified atom stereocenters. The van der Waals surface area contributed by atoms with Gasteiger partial charge in [0.1, 0.15) is 5.82 Å². The first-order valence-corrected chi connectivity index (χ1v) is 21.0. The summed E-state index contributed by atoms with van der Waals surface area (Å²) in [4.78, 5) is 5.16. The van der Waals surface area contributed by atoms with E-state index in [9.17, 15) is 0 Å². The number of ether oxygens (including phenoxy) is 1. The van der Waals surface area contributed by atoms with E-state index in [0.29, 0.717) is 11.5 Å². The number of hydrogen-bond donors (Lipinski definition) is 0. The first-order chi connectivity index (χ1) is 30.3. The van der Waals surface area contributed by atoms with Crippen LogP contribution < -0.4 is 9.30 Å². The van der Waals surface area contributed by atoms with E-state index < -0.39 is 0 Å². The van der Waals surface area contributed by atoms with E-state index in [2.05, 4.69) is 169 Å². The zero-order valence-corrected chi connectivity index (χ0v) is 37.3. The average Bonchev–Trinajstić information content (AvgIpc) is 4.08. The summed E-state index contributed by atoms with van der Waals surface area (Å²) in [7, 11) is 2.20. The predicted molar refractivity (Wildman–Crippen MR) is 249 cm³/mol. The molecule has 0 spiro atoms. The van der Waals surface area contributed by atoms with Gasteiger partial charge in [-0.15, -0.1) is 29.7 Å². The van der Waals surface area contributed by atoms with Gasteiger partial charge >= 0.3 is 0 Å². The minimum absolute atomic E-state index is 0. The molecule has 8 heteroatoms. The molecule has 0 aliphatic carbocycles. The zero-order chi connectivity index (χ0) is 41.7. The van der Waals surface area contributed by atoms with Crippen molar-refractivity contribution in [1.82, 2.24) is 23.3 Å². The molecule has 0 amide bonds. The van der Waals surface area contributed by atoms with Crippen molar-refractivity contribution in [3.63, 3.8) is 0 Å². The third kappa shape index (κ3) is 6.06. The van der Waals surface area contributed by atoms with Crippen molar-refractivity contribution in [1.29, 1.82) is 0 Å². The van der Waals surface area contributed by atoms with Gasteiger partial charge in [0.15, 0.2) is 0 Å². The Labute approximate surface area is 378 Å². The third-order valence-corrected chi connectivity index (χ3v) is 12.2. The number of hydrogen-bond acceptors (Lipinski definition) is 2. The topological polar surface area (TPSA) is 45.7 Å². The number of imidazole rings is 1. The molecule has 0 aliphatic heterocycles. The molecule has 7 nitrogen and oxygen atoms in total. The zero-order valence-electron chi connectivity index (χ0n) is 35.1. The first-order valence-electron chi connectivity index (χ1n) is 21.0. The van der Waals surface area contributed by atoms with Gasteiger partial charge in [-0.1, -0.05) is 99.1 Å². The molecule has 63 heavy (non-hydrogen) atoms. The molecular formula is C55H40N6OPt-2. The van der Waals surface area contributed by atoms with Crippen LogP contribution in [0.15, 0.2) is 170 Å². The van der Waals surface area contributed by atoms with Gasteiger partial charge in [0.2, 0.25) is 0 Å². The summed E-state index contributed by atoms with van der Waals surface area (Å²) >= 11 is 0. The number of rotatable bonds is 6. The predicted octanol–water partition coefficient (Wildman–Crippen LogP) is 12.5. The summed E-state index contributed by atoms with van der Waals surface area (Å²) in [5, 5.41) is 7.00. The van der Waals surface area contributed by atoms with Crippen LogP contribution in [0, 0.1) is 18.5 Å². The number of para-hydroxylation sites is 4. The Bertz CT molecular complexity index is 3720. The van der Waals surface area contributed by atoms with E-state index in [1.54, 1.807) is 0 Å². The van der Waals surface area contributed by atoms with Crippen molar-refractivity contribution in [2.24, 2.45) is 7.05 Å². The van der Waals surface area contributed by atoms with Gasteiger partial charge in [0.05, 0.1) is 27.8 Å². The van der Waals surface area contributed by atoms with E-state index in [-0.39, 0.29) is 26.5 Å². The Balaban J connectivity index is 0.00000444. The fourth-order valence-electron chi connectivity index (χ4n) is 9.39. The molecule has 0 bridgehead atoms. The van der Waals surface area contributed by atoms with Gasteiger partial charge in [-0.05, 0) is 70.6 Å². The first kappa shape index (κ1) is 38.7. The van der Waals surface area contributed by atoms with E-state index in [4.69, 9.17) is 9.72 Å². The van der Waals surface area contributed by atoms with Crippen LogP contribution in [-0.4, -0.2) is 23.3 Å². The van der Waals surface area contributed by atoms with Crippen molar-refractivity contribution in [2.45, 2.75) is 26.2 Å². The second-order valence-electron chi connectivity index (χ2n) is 17.0. The molecule has 5 heterocycles. The third-order valence-electron chi connectivity index (χ3n) is 12.2. The molecule has 7 aromatic carbocycles. The standard InChI is InChI=1S/C55H40N6O.Pt/c1-55(2,3)36-28-29-56-48(32-36)61-47-34-41(62-40-21-15-20-39(33-40)59-31-30-58(35-59)37-16-7-5-8-17-37)26-27-44(47)50-49-42-22-11-13-24-45(42)57(4)52(49)51-43-23-12-14-25-46(43)60(54(51)53(50)61)38-18-9-6-10-19-38;/h5-32H,1-4H3;/q-2;. The summed E-state index contributed by atoms with van der Waals surface area (Å²) in [6.45, 7) is 6.75. The fourth-order valence-corrected chi connectivity index (χ4v) is 9.39. The summed E-state index contributed by atoms with van der Waals surface area (Å²) in [6.07, 6.45) is 9.31. The number of fused-ring (bicyclic) bond motifs is 12. The molecule has 0 radical (unpaired) electrons. The number of aryl methyl sites for hydroxylation is 1. The maximum atomic E-state index is 6.71. The summed E-state index contributed by atoms with van der Waals surface area (Å²) in [5.41, 5.74) is 10.6. The van der Waals surface area contributed by atoms with Gasteiger partial charge in [0.25, 0.3) is 6.33 Å². The normalized spacial score (nSPS) is 12.0. The number of aromatic nitrogens is 6. The van der Waals surface area contributed by atoms with Gasteiger partial charge in [-0.2, -0.15) is 18.2 Å². The smallest absolute Gasteiger partial charge is 0.267 e. The van der Waals surface area contributed by atoms with E-state index in [1.165, 1.54) is 38.1 Å². The Hall–Kier alpha value is -7.21. The maximum Gasteiger partial charge on any atom is 0.267 e. The van der Waals surface area contributed by atoms with Crippen LogP contribution in [-0.2, 0) is 33.5 Å². The van der Waals surface area contributed by atoms with E-state index in [1.807, 2.05) is 70.2 Å². The minimum atomic E-state index is -0.107. The minimum Gasteiger partial charge on any atom is -0.510 e. The van der Waals surface area contributed by atoms with Crippen molar-refractivity contribution < 1.29 is 30.4 Å². The average molecular weight is 996 g/mol. The van der Waals surface area contributed by atoms with Crippen LogP contribution in [0.1, 0.15) is 26.3 Å². The van der Waals surface area contributed by atoms with Crippen LogP contribution in [0.5, 0.6) is 11.5 Å². The summed E-state index contributed by atoms with van der Waals surface area (Å²) in [5.74, 6) is 1.97. The number of pyridine rings is 1. The molecule has 12 rings (SSSR count). The molecular weight excluding hydrogens is 956 g/mol. The van der Waals surface area contributed by atoms with Gasteiger partial charge < -0.3 is 23.0 Å². The van der Waals surface area contributed by atoms with Crippen LogP contribution in [0.25, 0.3) is 88.3 Å². The van der Waals surface area contributed by atoms with Crippen LogP contribution in [0.4, 0.5) is 0 Å². The second kappa shape index (κ2) is 14.7. The van der Waals surface area contributed by atoms with Gasteiger partial charge in [0, 0.05) is 91.0 Å². The molecule has 0 saturated heterocycles. The van der Waals surface area contributed by atoms with Gasteiger partial charge in [-0.3, -0.25) is 4.57 Å². The Morgan fingerprint density at radius 1 is 0.587 bits per heavy atom. The monoisotopic (exact) mass is 995 g/mol. The van der Waals surface area contributed by atoms with E-state index in [0.717, 1.165) is 55.7 Å². The Morgan fingerprint density at radius 2 is 1.24 bits per heavy atom. The van der Waals surface area contributed by atoms with Crippen molar-refractivity contribution >= 4 is 65.4 Å². The van der Waals surface area contributed by atoms with Crippen molar-refractivity contribution in [3.8, 4) is 34.4 Å². The second-order valence-corrected chi connectivity index (χ2v) is 17.0. The molecule has 0 atom stereocenters. The van der Waals surface area contributed by atoms with Crippen LogP contribution in [0.2, 0.25) is 0 Å². The summed E-state index contributed by atoms with van der Waals surface area (Å²) < 4.78 is 17.7. The van der Waals surface area contributed by atoms with Crippen molar-refractivity contribution in [2.75, 3.05) is 0 Å². The Kier molecular flexibility index (Phi) is 9.04. The van der Waals surface area contributed by atoms with E-state index >= 15 is 0 Å².